The molecule has 2 aromatic rings. The van der Waals surface area contributed by atoms with Gasteiger partial charge in [0.25, 0.3) is 11.8 Å². The molecule has 1 saturated heterocycles. The molecule has 1 fully saturated rings. The van der Waals surface area contributed by atoms with Crippen LogP contribution < -0.4 is 14.5 Å². The fourth-order valence-corrected chi connectivity index (χ4v) is 6.17. The Morgan fingerprint density at radius 3 is 2.50 bits per heavy atom. The highest BCUT2D eigenvalue weighted by molar-refractivity contribution is 6.22. The van der Waals surface area contributed by atoms with Gasteiger partial charge in [-0.15, -0.1) is 0 Å². The SMILES string of the molecule is C[C@H]1COc2c(N3CC4ON=C(CN5C(=O)c6ccccc6C5=O)C4C3)c(F)cc3c2N1CC(C=O)C3=O. The van der Waals surface area contributed by atoms with Gasteiger partial charge in [-0.2, -0.15) is 0 Å². The van der Waals surface area contributed by atoms with Crippen molar-refractivity contribution in [3.63, 3.8) is 0 Å². The second kappa shape index (κ2) is 8.11. The number of anilines is 2. The second-order valence-electron chi connectivity index (χ2n) is 10.3. The molecule has 0 spiro atoms. The number of fused-ring (bicyclic) bond motifs is 2. The van der Waals surface area contributed by atoms with Gasteiger partial charge in [0, 0.05) is 18.7 Å². The summed E-state index contributed by atoms with van der Waals surface area (Å²) in [5.41, 5.74) is 2.16. The Balaban J connectivity index is 1.18. The zero-order chi connectivity index (χ0) is 26.3. The molecule has 38 heavy (non-hydrogen) atoms. The molecule has 5 aliphatic rings. The van der Waals surface area contributed by atoms with Crippen molar-refractivity contribution in [3.8, 4) is 5.75 Å². The summed E-state index contributed by atoms with van der Waals surface area (Å²) >= 11 is 0. The summed E-state index contributed by atoms with van der Waals surface area (Å²) in [4.78, 5) is 60.7. The van der Waals surface area contributed by atoms with Crippen molar-refractivity contribution in [2.45, 2.75) is 19.1 Å². The van der Waals surface area contributed by atoms with Gasteiger partial charge < -0.3 is 24.2 Å². The van der Waals surface area contributed by atoms with Crippen molar-refractivity contribution >= 4 is 41.0 Å². The Morgan fingerprint density at radius 1 is 1.05 bits per heavy atom. The van der Waals surface area contributed by atoms with Crippen LogP contribution in [-0.2, 0) is 9.63 Å². The molecule has 2 aromatic carbocycles. The normalized spacial score (nSPS) is 27.1. The van der Waals surface area contributed by atoms with E-state index in [2.05, 4.69) is 5.16 Å². The van der Waals surface area contributed by atoms with Crippen molar-refractivity contribution in [2.24, 2.45) is 17.0 Å². The first-order chi connectivity index (χ1) is 18.4. The average Bonchev–Trinajstić information content (AvgIpc) is 3.56. The van der Waals surface area contributed by atoms with Crippen LogP contribution in [0.5, 0.6) is 5.75 Å². The number of aldehydes is 1. The van der Waals surface area contributed by atoms with E-state index >= 15 is 4.39 Å². The molecular formula is C27H23FN4O6. The highest BCUT2D eigenvalue weighted by atomic mass is 19.1. The van der Waals surface area contributed by atoms with E-state index in [1.54, 1.807) is 24.3 Å². The summed E-state index contributed by atoms with van der Waals surface area (Å²) in [5, 5.41) is 4.17. The summed E-state index contributed by atoms with van der Waals surface area (Å²) in [6, 6.07) is 7.78. The van der Waals surface area contributed by atoms with Crippen molar-refractivity contribution in [1.29, 1.82) is 0 Å². The third kappa shape index (κ3) is 3.07. The van der Waals surface area contributed by atoms with Gasteiger partial charge in [-0.25, -0.2) is 4.39 Å². The molecule has 7 rings (SSSR count). The Labute approximate surface area is 216 Å². The molecule has 0 radical (unpaired) electrons. The number of ketones is 1. The van der Waals surface area contributed by atoms with E-state index in [4.69, 9.17) is 9.57 Å². The number of hydrogen-bond donors (Lipinski definition) is 0. The number of amides is 2. The van der Waals surface area contributed by atoms with Gasteiger partial charge >= 0.3 is 0 Å². The summed E-state index contributed by atoms with van der Waals surface area (Å²) in [6.07, 6.45) is 0.232. The highest BCUT2D eigenvalue weighted by Gasteiger charge is 2.48. The Kier molecular flexibility index (Phi) is 4.88. The third-order valence-electron chi connectivity index (χ3n) is 8.14. The van der Waals surface area contributed by atoms with Gasteiger partial charge in [-0.05, 0) is 25.1 Å². The van der Waals surface area contributed by atoms with Crippen LogP contribution in [0.25, 0.3) is 0 Å². The number of nitrogens with zero attached hydrogens (tertiary/aromatic N) is 4. The lowest BCUT2D eigenvalue weighted by atomic mass is 9.89. The fraction of sp³-hybridized carbons (Fsp3) is 0.370. The van der Waals surface area contributed by atoms with Crippen molar-refractivity contribution in [2.75, 3.05) is 42.6 Å². The van der Waals surface area contributed by atoms with Crippen LogP contribution in [0.4, 0.5) is 15.8 Å². The van der Waals surface area contributed by atoms with Crippen LogP contribution in [-0.4, -0.2) is 79.4 Å². The van der Waals surface area contributed by atoms with Gasteiger partial charge in [0.1, 0.15) is 18.6 Å². The smallest absolute Gasteiger partial charge is 0.261 e. The van der Waals surface area contributed by atoms with E-state index in [0.29, 0.717) is 41.9 Å². The van der Waals surface area contributed by atoms with Gasteiger partial charge in [0.15, 0.2) is 23.5 Å². The van der Waals surface area contributed by atoms with Crippen molar-refractivity contribution in [3.05, 3.63) is 52.8 Å². The van der Waals surface area contributed by atoms with Crippen LogP contribution in [0.15, 0.2) is 35.5 Å². The number of hydrogen-bond acceptors (Lipinski definition) is 9. The molecule has 0 saturated carbocycles. The maximum atomic E-state index is 15.6. The largest absolute Gasteiger partial charge is 0.487 e. The first-order valence-corrected chi connectivity index (χ1v) is 12.6. The lowest BCUT2D eigenvalue weighted by Crippen LogP contribution is -2.49. The maximum Gasteiger partial charge on any atom is 0.261 e. The van der Waals surface area contributed by atoms with E-state index in [1.807, 2.05) is 16.7 Å². The summed E-state index contributed by atoms with van der Waals surface area (Å²) < 4.78 is 21.6. The predicted molar refractivity (Wildman–Crippen MR) is 132 cm³/mol. The minimum atomic E-state index is -0.846. The molecule has 2 amide bonds. The van der Waals surface area contributed by atoms with Crippen LogP contribution >= 0.6 is 0 Å². The van der Waals surface area contributed by atoms with Crippen LogP contribution in [0, 0.1) is 17.7 Å². The minimum absolute atomic E-state index is 0.00966. The molecule has 5 aliphatic heterocycles. The van der Waals surface area contributed by atoms with E-state index in [1.165, 1.54) is 11.0 Å². The van der Waals surface area contributed by atoms with Gasteiger partial charge in [0.2, 0.25) is 0 Å². The lowest BCUT2D eigenvalue weighted by Gasteiger charge is -2.43. The van der Waals surface area contributed by atoms with Crippen molar-refractivity contribution < 1.29 is 33.1 Å². The van der Waals surface area contributed by atoms with E-state index < -0.39 is 17.5 Å². The highest BCUT2D eigenvalue weighted by Crippen LogP contribution is 2.50. The molecule has 0 aromatic heterocycles. The van der Waals surface area contributed by atoms with Gasteiger partial charge in [-0.3, -0.25) is 19.3 Å². The number of ether oxygens (including phenoxy) is 1. The molecular weight excluding hydrogens is 495 g/mol. The molecule has 3 unspecified atom stereocenters. The fourth-order valence-electron chi connectivity index (χ4n) is 6.17. The zero-order valence-electron chi connectivity index (χ0n) is 20.4. The Bertz CT molecular complexity index is 1440. The standard InChI is InChI=1S/C27H23FN4O6/c1-13-12-37-25-22-17(24(34)14(11-33)7-31(13)22)6-19(28)23(25)30-8-18-20(29-38-21(18)10-30)9-32-26(35)15-4-2-3-5-16(15)27(32)36/h2-6,11,13-14,18,21H,7-10,12H2,1H3/t13-,14?,18?,21?/m0/s1. The van der Waals surface area contributed by atoms with E-state index in [-0.39, 0.29) is 66.6 Å². The first-order valence-electron chi connectivity index (χ1n) is 12.6. The quantitative estimate of drug-likeness (QED) is 0.343. The Morgan fingerprint density at radius 2 is 1.79 bits per heavy atom. The monoisotopic (exact) mass is 518 g/mol. The minimum Gasteiger partial charge on any atom is -0.487 e. The number of carbonyl (C=O) groups excluding carboxylic acids is 4. The molecule has 5 heterocycles. The molecule has 0 aliphatic carbocycles. The van der Waals surface area contributed by atoms with Crippen LogP contribution in [0.3, 0.4) is 0 Å². The molecule has 0 N–H and O–H groups in total. The Hall–Kier alpha value is -4.28. The average molecular weight is 519 g/mol. The topological polar surface area (TPSA) is 109 Å². The van der Waals surface area contributed by atoms with Gasteiger partial charge in [-0.1, -0.05) is 17.3 Å². The molecule has 0 bridgehead atoms. The number of rotatable bonds is 4. The second-order valence-corrected chi connectivity index (χ2v) is 10.3. The third-order valence-corrected chi connectivity index (χ3v) is 8.14. The molecule has 194 valence electrons. The predicted octanol–water partition coefficient (Wildman–Crippen LogP) is 1.91. The van der Waals surface area contributed by atoms with Crippen LogP contribution in [0.1, 0.15) is 38.0 Å². The van der Waals surface area contributed by atoms with Gasteiger partial charge in [0.05, 0.1) is 53.5 Å². The van der Waals surface area contributed by atoms with E-state index in [0.717, 1.165) is 0 Å². The number of oxime groups is 1. The molecule has 11 heteroatoms. The molecule has 4 atom stereocenters. The summed E-state index contributed by atoms with van der Waals surface area (Å²) in [6.45, 7) is 3.08. The lowest BCUT2D eigenvalue weighted by molar-refractivity contribution is -0.109. The number of benzene rings is 2. The first kappa shape index (κ1) is 22.9. The van der Waals surface area contributed by atoms with E-state index in [9.17, 15) is 19.2 Å². The number of imide groups is 1. The van der Waals surface area contributed by atoms with Crippen LogP contribution in [0.2, 0.25) is 0 Å². The number of halogens is 1. The number of carbonyl (C=O) groups is 4. The summed E-state index contributed by atoms with van der Waals surface area (Å²) in [7, 11) is 0. The molecule has 10 nitrogen and oxygen atoms in total. The maximum absolute atomic E-state index is 15.6. The summed E-state index contributed by atoms with van der Waals surface area (Å²) in [5.74, 6) is -2.60. The zero-order valence-corrected chi connectivity index (χ0v) is 20.4. The number of Topliss-reactive ketones (excluding diaryl/α,β-unsaturated/α-hetero) is 1. The van der Waals surface area contributed by atoms with Crippen molar-refractivity contribution in [1.82, 2.24) is 4.90 Å².